The molecule has 1 N–H and O–H groups in total. The van der Waals surface area contributed by atoms with Gasteiger partial charge in [0.25, 0.3) is 5.91 Å². The van der Waals surface area contributed by atoms with E-state index < -0.39 is 5.97 Å². The van der Waals surface area contributed by atoms with Crippen molar-refractivity contribution in [3.05, 3.63) is 35.9 Å². The van der Waals surface area contributed by atoms with E-state index in [4.69, 9.17) is 9.84 Å². The number of carboxylic acid groups (broad SMARTS) is 1. The fourth-order valence-electron chi connectivity index (χ4n) is 2.82. The molecule has 1 aliphatic rings. The third-order valence-electron chi connectivity index (χ3n) is 4.08. The van der Waals surface area contributed by atoms with Crippen LogP contribution in [0.4, 0.5) is 0 Å². The molecule has 0 bridgehead atoms. The molecule has 124 valence electrons. The second-order valence-corrected chi connectivity index (χ2v) is 5.67. The molecule has 23 heavy (non-hydrogen) atoms. The van der Waals surface area contributed by atoms with Gasteiger partial charge in [0, 0.05) is 18.7 Å². The molecule has 5 heteroatoms. The Morgan fingerprint density at radius 2 is 2.04 bits per heavy atom. The fourth-order valence-corrected chi connectivity index (χ4v) is 2.82. The average Bonchev–Trinajstić information content (AvgIpc) is 2.58. The van der Waals surface area contributed by atoms with Gasteiger partial charge >= 0.3 is 5.97 Å². The van der Waals surface area contributed by atoms with Crippen LogP contribution in [-0.2, 0) is 9.59 Å². The molecule has 0 aromatic heterocycles. The van der Waals surface area contributed by atoms with Crippen LogP contribution in [0.3, 0.4) is 0 Å². The van der Waals surface area contributed by atoms with Crippen LogP contribution in [0.25, 0.3) is 6.08 Å². The van der Waals surface area contributed by atoms with Crippen molar-refractivity contribution >= 4 is 18.0 Å². The summed E-state index contributed by atoms with van der Waals surface area (Å²) < 4.78 is 5.56. The van der Waals surface area contributed by atoms with E-state index in [9.17, 15) is 9.59 Å². The van der Waals surface area contributed by atoms with E-state index in [2.05, 4.69) is 6.92 Å². The SMILES string of the molecule is CCC1CCCCN1C(=O)COc1ccc(/C=C/C(=O)O)cc1. The molecule has 1 atom stereocenters. The molecule has 5 nitrogen and oxygen atoms in total. The molecule has 0 saturated carbocycles. The molecule has 1 heterocycles. The zero-order chi connectivity index (χ0) is 16.7. The molecular formula is C18H23NO4. The second-order valence-electron chi connectivity index (χ2n) is 5.67. The lowest BCUT2D eigenvalue weighted by Gasteiger charge is -2.35. The maximum absolute atomic E-state index is 12.3. The van der Waals surface area contributed by atoms with Crippen LogP contribution < -0.4 is 4.74 Å². The Morgan fingerprint density at radius 1 is 1.30 bits per heavy atom. The van der Waals surface area contributed by atoms with Gasteiger partial charge in [-0.25, -0.2) is 4.79 Å². The third-order valence-corrected chi connectivity index (χ3v) is 4.08. The highest BCUT2D eigenvalue weighted by Crippen LogP contribution is 2.20. The Hall–Kier alpha value is -2.30. The Labute approximate surface area is 136 Å². The number of carboxylic acids is 1. The van der Waals surface area contributed by atoms with Crippen LogP contribution >= 0.6 is 0 Å². The number of carbonyl (C=O) groups excluding carboxylic acids is 1. The van der Waals surface area contributed by atoms with Gasteiger partial charge in [-0.3, -0.25) is 4.79 Å². The number of piperidine rings is 1. The van der Waals surface area contributed by atoms with E-state index >= 15 is 0 Å². The summed E-state index contributed by atoms with van der Waals surface area (Å²) in [5.41, 5.74) is 0.771. The summed E-state index contributed by atoms with van der Waals surface area (Å²) >= 11 is 0. The first-order valence-corrected chi connectivity index (χ1v) is 8.03. The first-order chi connectivity index (χ1) is 11.1. The van der Waals surface area contributed by atoms with Gasteiger partial charge in [0.15, 0.2) is 6.61 Å². The molecule has 1 aromatic rings. The van der Waals surface area contributed by atoms with E-state index in [1.54, 1.807) is 24.3 Å². The van der Waals surface area contributed by atoms with E-state index in [1.807, 2.05) is 4.90 Å². The van der Waals surface area contributed by atoms with Crippen LogP contribution in [0.15, 0.2) is 30.3 Å². The van der Waals surface area contributed by atoms with E-state index in [0.717, 1.165) is 37.4 Å². The van der Waals surface area contributed by atoms with Crippen LogP contribution in [0.5, 0.6) is 5.75 Å². The number of likely N-dealkylation sites (tertiary alicyclic amines) is 1. The number of hydrogen-bond acceptors (Lipinski definition) is 3. The monoisotopic (exact) mass is 317 g/mol. The average molecular weight is 317 g/mol. The van der Waals surface area contributed by atoms with Crippen LogP contribution in [-0.4, -0.2) is 41.1 Å². The van der Waals surface area contributed by atoms with Gasteiger partial charge in [-0.2, -0.15) is 0 Å². The van der Waals surface area contributed by atoms with Crippen molar-refractivity contribution in [2.75, 3.05) is 13.2 Å². The number of amides is 1. The summed E-state index contributed by atoms with van der Waals surface area (Å²) in [4.78, 5) is 24.7. The number of nitrogens with zero attached hydrogens (tertiary/aromatic N) is 1. The molecule has 1 aromatic carbocycles. The second kappa shape index (κ2) is 8.36. The summed E-state index contributed by atoms with van der Waals surface area (Å²) in [7, 11) is 0. The summed E-state index contributed by atoms with van der Waals surface area (Å²) in [6, 6.07) is 7.33. The van der Waals surface area contributed by atoms with Gasteiger partial charge < -0.3 is 14.7 Å². The number of ether oxygens (including phenoxy) is 1. The highest BCUT2D eigenvalue weighted by molar-refractivity contribution is 5.85. The number of rotatable bonds is 6. The highest BCUT2D eigenvalue weighted by atomic mass is 16.5. The Kier molecular flexibility index (Phi) is 6.20. The van der Waals surface area contributed by atoms with Crippen molar-refractivity contribution in [3.63, 3.8) is 0 Å². The summed E-state index contributed by atoms with van der Waals surface area (Å²) in [6.07, 6.45) is 6.90. The Morgan fingerprint density at radius 3 is 2.70 bits per heavy atom. The van der Waals surface area contributed by atoms with Gasteiger partial charge in [0.05, 0.1) is 0 Å². The predicted octanol–water partition coefficient (Wildman–Crippen LogP) is 2.95. The molecule has 1 fully saturated rings. The number of aliphatic carboxylic acids is 1. The Balaban J connectivity index is 1.87. The first kappa shape index (κ1) is 17.1. The lowest BCUT2D eigenvalue weighted by atomic mass is 10.00. The number of carbonyl (C=O) groups is 2. The standard InChI is InChI=1S/C18H23NO4/c1-2-15-5-3-4-12-19(15)17(20)13-23-16-9-6-14(7-10-16)8-11-18(21)22/h6-11,15H,2-5,12-13H2,1H3,(H,21,22)/b11-8+. The van der Waals surface area contributed by atoms with E-state index in [1.165, 1.54) is 12.5 Å². The molecular weight excluding hydrogens is 294 g/mol. The van der Waals surface area contributed by atoms with Gasteiger partial charge in [-0.15, -0.1) is 0 Å². The molecule has 2 rings (SSSR count). The third kappa shape index (κ3) is 5.13. The lowest BCUT2D eigenvalue weighted by Crippen LogP contribution is -2.45. The van der Waals surface area contributed by atoms with Crippen molar-refractivity contribution in [2.45, 2.75) is 38.6 Å². The van der Waals surface area contributed by atoms with Crippen molar-refractivity contribution < 1.29 is 19.4 Å². The van der Waals surface area contributed by atoms with Gasteiger partial charge in [0.2, 0.25) is 0 Å². The largest absolute Gasteiger partial charge is 0.484 e. The summed E-state index contributed by atoms with van der Waals surface area (Å²) in [5.74, 6) is -0.342. The van der Waals surface area contributed by atoms with Crippen LogP contribution in [0.1, 0.15) is 38.2 Å². The van der Waals surface area contributed by atoms with Crippen molar-refractivity contribution in [3.8, 4) is 5.75 Å². The van der Waals surface area contributed by atoms with Crippen molar-refractivity contribution in [1.82, 2.24) is 4.90 Å². The van der Waals surface area contributed by atoms with Gasteiger partial charge in [-0.05, 0) is 49.5 Å². The fraction of sp³-hybridized carbons (Fsp3) is 0.444. The summed E-state index contributed by atoms with van der Waals surface area (Å²) in [6.45, 7) is 2.97. The molecule has 1 saturated heterocycles. The molecule has 0 spiro atoms. The minimum absolute atomic E-state index is 0.0337. The zero-order valence-electron chi connectivity index (χ0n) is 13.4. The maximum atomic E-state index is 12.3. The number of benzene rings is 1. The summed E-state index contributed by atoms with van der Waals surface area (Å²) in [5, 5.41) is 8.59. The van der Waals surface area contributed by atoms with Crippen LogP contribution in [0, 0.1) is 0 Å². The maximum Gasteiger partial charge on any atom is 0.328 e. The normalized spacial score (nSPS) is 18.1. The lowest BCUT2D eigenvalue weighted by molar-refractivity contribution is -0.137. The smallest absolute Gasteiger partial charge is 0.328 e. The predicted molar refractivity (Wildman–Crippen MR) is 88.2 cm³/mol. The molecule has 0 radical (unpaired) electrons. The molecule has 0 aliphatic carbocycles. The van der Waals surface area contributed by atoms with Gasteiger partial charge in [0.1, 0.15) is 5.75 Å². The zero-order valence-corrected chi connectivity index (χ0v) is 13.4. The first-order valence-electron chi connectivity index (χ1n) is 8.03. The topological polar surface area (TPSA) is 66.8 Å². The molecule has 1 unspecified atom stereocenters. The van der Waals surface area contributed by atoms with Crippen molar-refractivity contribution in [1.29, 1.82) is 0 Å². The minimum Gasteiger partial charge on any atom is -0.484 e. The quantitative estimate of drug-likeness (QED) is 0.819. The Bertz CT molecular complexity index is 565. The number of hydrogen-bond donors (Lipinski definition) is 1. The molecule has 1 amide bonds. The highest BCUT2D eigenvalue weighted by Gasteiger charge is 2.25. The van der Waals surface area contributed by atoms with Crippen LogP contribution in [0.2, 0.25) is 0 Å². The minimum atomic E-state index is -0.983. The van der Waals surface area contributed by atoms with E-state index in [0.29, 0.717) is 11.8 Å². The van der Waals surface area contributed by atoms with Crippen molar-refractivity contribution in [2.24, 2.45) is 0 Å². The van der Waals surface area contributed by atoms with E-state index in [-0.39, 0.29) is 12.5 Å². The van der Waals surface area contributed by atoms with Gasteiger partial charge in [-0.1, -0.05) is 19.1 Å². The molecule has 1 aliphatic heterocycles.